The first-order valence-electron chi connectivity index (χ1n) is 11.0. The van der Waals surface area contributed by atoms with Crippen molar-refractivity contribution in [3.63, 3.8) is 0 Å². The molecule has 5 nitrogen and oxygen atoms in total. The van der Waals surface area contributed by atoms with Crippen LogP contribution in [0.3, 0.4) is 0 Å². The lowest BCUT2D eigenvalue weighted by molar-refractivity contribution is -0.151. The number of carbonyl (C=O) groups excluding carboxylic acids is 1. The molecule has 0 fully saturated rings. The van der Waals surface area contributed by atoms with E-state index in [4.69, 9.17) is 13.9 Å². The Bertz CT molecular complexity index is 1320. The van der Waals surface area contributed by atoms with Gasteiger partial charge < -0.3 is 13.9 Å². The molecule has 0 aliphatic heterocycles. The van der Waals surface area contributed by atoms with Gasteiger partial charge >= 0.3 is 11.6 Å². The molecule has 0 unspecified atom stereocenters. The normalized spacial score (nSPS) is 11.8. The van der Waals surface area contributed by atoms with Gasteiger partial charge in [-0.3, -0.25) is 0 Å². The Morgan fingerprint density at radius 3 is 2.24 bits per heavy atom. The van der Waals surface area contributed by atoms with E-state index in [9.17, 15) is 9.59 Å². The Balaban J connectivity index is 1.74. The summed E-state index contributed by atoms with van der Waals surface area (Å²) in [5.74, 6) is -0.0122. The molecule has 168 valence electrons. The molecule has 3 aromatic carbocycles. The largest absolute Gasteiger partial charge is 0.474 e. The molecule has 0 amide bonds. The highest BCUT2D eigenvalue weighted by atomic mass is 16.6. The van der Waals surface area contributed by atoms with Gasteiger partial charge in [0.15, 0.2) is 0 Å². The molecular weight excluding hydrogens is 416 g/mol. The van der Waals surface area contributed by atoms with Crippen molar-refractivity contribution < 1.29 is 18.7 Å². The van der Waals surface area contributed by atoms with Gasteiger partial charge in [0.25, 0.3) is 0 Å². The van der Waals surface area contributed by atoms with Crippen molar-refractivity contribution in [3.8, 4) is 5.75 Å². The quantitative estimate of drug-likeness (QED) is 0.272. The first kappa shape index (κ1) is 22.3. The van der Waals surface area contributed by atoms with Gasteiger partial charge in [-0.05, 0) is 44.0 Å². The molecule has 33 heavy (non-hydrogen) atoms. The summed E-state index contributed by atoms with van der Waals surface area (Å²) < 4.78 is 17.1. The highest BCUT2D eigenvalue weighted by Crippen LogP contribution is 2.33. The van der Waals surface area contributed by atoms with Crippen molar-refractivity contribution in [3.05, 3.63) is 111 Å². The van der Waals surface area contributed by atoms with Crippen LogP contribution in [0.2, 0.25) is 0 Å². The SMILES string of the molecule is CCOC(=O)[C@H](Oc1ccc2c(C)c(Cc3ccccc3)c(=O)oc2c1C)c1ccccc1. The molecule has 1 heterocycles. The molecule has 5 heteroatoms. The third-order valence-corrected chi connectivity index (χ3v) is 5.73. The number of ether oxygens (including phenoxy) is 2. The van der Waals surface area contributed by atoms with Gasteiger partial charge in [0.1, 0.15) is 11.3 Å². The Morgan fingerprint density at radius 1 is 0.909 bits per heavy atom. The van der Waals surface area contributed by atoms with Crippen LogP contribution in [0.15, 0.2) is 82.0 Å². The number of hydrogen-bond acceptors (Lipinski definition) is 5. The third kappa shape index (κ3) is 4.67. The van der Waals surface area contributed by atoms with Crippen molar-refractivity contribution in [2.24, 2.45) is 0 Å². The smallest absolute Gasteiger partial charge is 0.352 e. The average Bonchev–Trinajstić information content (AvgIpc) is 2.83. The van der Waals surface area contributed by atoms with Crippen LogP contribution in [0, 0.1) is 13.8 Å². The van der Waals surface area contributed by atoms with Gasteiger partial charge in [-0.1, -0.05) is 60.7 Å². The zero-order chi connectivity index (χ0) is 23.4. The van der Waals surface area contributed by atoms with Gasteiger partial charge in [-0.25, -0.2) is 9.59 Å². The van der Waals surface area contributed by atoms with Crippen LogP contribution in [0.1, 0.15) is 40.8 Å². The monoisotopic (exact) mass is 442 g/mol. The maximum atomic E-state index is 12.9. The number of fused-ring (bicyclic) bond motifs is 1. The van der Waals surface area contributed by atoms with Crippen LogP contribution in [-0.2, 0) is 16.0 Å². The molecule has 0 aliphatic rings. The maximum Gasteiger partial charge on any atom is 0.352 e. The minimum Gasteiger partial charge on any atom is -0.474 e. The van der Waals surface area contributed by atoms with E-state index < -0.39 is 12.1 Å². The lowest BCUT2D eigenvalue weighted by Gasteiger charge is -2.20. The number of benzene rings is 3. The number of esters is 1. The van der Waals surface area contributed by atoms with Crippen LogP contribution in [0.25, 0.3) is 11.0 Å². The molecule has 0 bridgehead atoms. The molecule has 0 spiro atoms. The molecule has 4 aromatic rings. The number of hydrogen-bond donors (Lipinski definition) is 0. The minimum absolute atomic E-state index is 0.250. The number of rotatable bonds is 7. The Labute approximate surface area is 192 Å². The average molecular weight is 443 g/mol. The molecule has 0 saturated carbocycles. The first-order valence-corrected chi connectivity index (χ1v) is 11.0. The van der Waals surface area contributed by atoms with E-state index in [-0.39, 0.29) is 12.2 Å². The summed E-state index contributed by atoms with van der Waals surface area (Å²) in [5, 5.41) is 0.845. The summed E-state index contributed by atoms with van der Waals surface area (Å²) >= 11 is 0. The summed E-state index contributed by atoms with van der Waals surface area (Å²) in [7, 11) is 0. The second kappa shape index (κ2) is 9.74. The van der Waals surface area contributed by atoms with E-state index in [2.05, 4.69) is 0 Å². The van der Waals surface area contributed by atoms with E-state index in [1.54, 1.807) is 6.92 Å². The van der Waals surface area contributed by atoms with Crippen LogP contribution in [0.4, 0.5) is 0 Å². The van der Waals surface area contributed by atoms with E-state index in [0.717, 1.165) is 16.5 Å². The summed E-state index contributed by atoms with van der Waals surface area (Å²) in [6.07, 6.45) is -0.422. The predicted octanol–water partition coefficient (Wildman–Crippen LogP) is 5.68. The summed E-state index contributed by atoms with van der Waals surface area (Å²) in [6.45, 7) is 5.76. The lowest BCUT2D eigenvalue weighted by Crippen LogP contribution is -2.22. The van der Waals surface area contributed by atoms with Crippen LogP contribution >= 0.6 is 0 Å². The van der Waals surface area contributed by atoms with Gasteiger partial charge in [-0.2, -0.15) is 0 Å². The zero-order valence-electron chi connectivity index (χ0n) is 19.0. The molecule has 4 rings (SSSR count). The van der Waals surface area contributed by atoms with E-state index in [1.165, 1.54) is 0 Å². The molecule has 0 N–H and O–H groups in total. The van der Waals surface area contributed by atoms with Crippen LogP contribution in [0.5, 0.6) is 5.75 Å². The van der Waals surface area contributed by atoms with Crippen molar-refractivity contribution in [1.82, 2.24) is 0 Å². The van der Waals surface area contributed by atoms with Crippen LogP contribution in [-0.4, -0.2) is 12.6 Å². The zero-order valence-corrected chi connectivity index (χ0v) is 19.0. The van der Waals surface area contributed by atoms with Gasteiger partial charge in [0, 0.05) is 28.5 Å². The van der Waals surface area contributed by atoms with Crippen molar-refractivity contribution >= 4 is 16.9 Å². The fraction of sp³-hybridized carbons (Fsp3) is 0.214. The maximum absolute atomic E-state index is 12.9. The Morgan fingerprint density at radius 2 is 1.58 bits per heavy atom. The van der Waals surface area contributed by atoms with Crippen molar-refractivity contribution in [1.29, 1.82) is 0 Å². The van der Waals surface area contributed by atoms with E-state index >= 15 is 0 Å². The Hall–Kier alpha value is -3.86. The number of carbonyl (C=O) groups is 1. The van der Waals surface area contributed by atoms with Gasteiger partial charge in [0.2, 0.25) is 6.10 Å². The molecular formula is C28H26O5. The second-order valence-corrected chi connectivity index (χ2v) is 7.88. The fourth-order valence-corrected chi connectivity index (χ4v) is 3.93. The van der Waals surface area contributed by atoms with E-state index in [0.29, 0.717) is 34.4 Å². The second-order valence-electron chi connectivity index (χ2n) is 7.88. The first-order chi connectivity index (χ1) is 16.0. The van der Waals surface area contributed by atoms with Gasteiger partial charge in [-0.15, -0.1) is 0 Å². The summed E-state index contributed by atoms with van der Waals surface area (Å²) in [5.41, 5.74) is 4.00. The topological polar surface area (TPSA) is 65.7 Å². The van der Waals surface area contributed by atoms with Crippen molar-refractivity contribution in [2.45, 2.75) is 33.3 Å². The molecule has 0 aliphatic carbocycles. The Kier molecular flexibility index (Phi) is 6.59. The van der Waals surface area contributed by atoms with Crippen molar-refractivity contribution in [2.75, 3.05) is 6.61 Å². The van der Waals surface area contributed by atoms with Crippen LogP contribution < -0.4 is 10.4 Å². The van der Waals surface area contributed by atoms with E-state index in [1.807, 2.05) is 86.6 Å². The summed E-state index contributed by atoms with van der Waals surface area (Å²) in [6, 6.07) is 22.7. The molecule has 1 aromatic heterocycles. The third-order valence-electron chi connectivity index (χ3n) is 5.73. The lowest BCUT2D eigenvalue weighted by atomic mass is 9.98. The highest BCUT2D eigenvalue weighted by Gasteiger charge is 2.25. The summed E-state index contributed by atoms with van der Waals surface area (Å²) in [4.78, 5) is 25.5. The van der Waals surface area contributed by atoms with Gasteiger partial charge in [0.05, 0.1) is 6.61 Å². The number of aryl methyl sites for hydroxylation is 2. The molecule has 0 radical (unpaired) electrons. The molecule has 0 saturated heterocycles. The fourth-order valence-electron chi connectivity index (χ4n) is 3.93. The molecule has 1 atom stereocenters. The highest BCUT2D eigenvalue weighted by molar-refractivity contribution is 5.86. The standard InChI is InChI=1S/C28H26O5/c1-4-31-28(30)26(21-13-9-6-10-14-21)32-24-16-15-22-18(2)23(17-20-11-7-5-8-12-20)27(29)33-25(22)19(24)3/h5-16,26H,4,17H2,1-3H3/t26-/m1/s1. The minimum atomic E-state index is -0.924. The predicted molar refractivity (Wildman–Crippen MR) is 128 cm³/mol.